The SMILES string of the molecule is O=C(O)c1ccc(NCCC2CCCCO2)cn1. The van der Waals surface area contributed by atoms with E-state index in [-0.39, 0.29) is 5.69 Å². The van der Waals surface area contributed by atoms with E-state index in [0.717, 1.165) is 31.7 Å². The molecule has 5 nitrogen and oxygen atoms in total. The number of anilines is 1. The number of rotatable bonds is 5. The molecule has 1 unspecified atom stereocenters. The number of carbonyl (C=O) groups is 1. The quantitative estimate of drug-likeness (QED) is 0.837. The summed E-state index contributed by atoms with van der Waals surface area (Å²) in [6.07, 6.45) is 6.44. The largest absolute Gasteiger partial charge is 0.477 e. The third-order valence-electron chi connectivity index (χ3n) is 3.05. The third kappa shape index (κ3) is 3.70. The first-order valence-corrected chi connectivity index (χ1v) is 6.30. The molecule has 0 saturated carbocycles. The molecular formula is C13H18N2O3. The number of carboxylic acids is 1. The zero-order valence-electron chi connectivity index (χ0n) is 10.3. The Hall–Kier alpha value is -1.62. The first-order chi connectivity index (χ1) is 8.75. The van der Waals surface area contributed by atoms with Crippen LogP contribution in [0.3, 0.4) is 0 Å². The normalized spacial score (nSPS) is 19.4. The van der Waals surface area contributed by atoms with Gasteiger partial charge in [-0.3, -0.25) is 0 Å². The molecule has 2 N–H and O–H groups in total. The molecule has 1 aliphatic rings. The number of pyridine rings is 1. The van der Waals surface area contributed by atoms with Crippen LogP contribution in [-0.4, -0.2) is 35.3 Å². The van der Waals surface area contributed by atoms with Gasteiger partial charge in [-0.15, -0.1) is 0 Å². The van der Waals surface area contributed by atoms with Crippen LogP contribution in [0.2, 0.25) is 0 Å². The summed E-state index contributed by atoms with van der Waals surface area (Å²) in [5, 5.41) is 11.9. The Labute approximate surface area is 106 Å². The number of ether oxygens (including phenoxy) is 1. The maximum atomic E-state index is 10.6. The standard InChI is InChI=1S/C13H18N2O3/c16-13(17)12-5-4-10(9-15-12)14-7-6-11-3-1-2-8-18-11/h4-5,9,11,14H,1-3,6-8H2,(H,16,17). The van der Waals surface area contributed by atoms with Crippen molar-refractivity contribution in [2.24, 2.45) is 0 Å². The van der Waals surface area contributed by atoms with Crippen molar-refractivity contribution >= 4 is 11.7 Å². The Morgan fingerprint density at radius 1 is 1.50 bits per heavy atom. The molecule has 1 aromatic rings. The van der Waals surface area contributed by atoms with E-state index in [1.54, 1.807) is 12.3 Å². The minimum Gasteiger partial charge on any atom is -0.477 e. The zero-order chi connectivity index (χ0) is 12.8. The van der Waals surface area contributed by atoms with Crippen molar-refractivity contribution in [2.75, 3.05) is 18.5 Å². The Morgan fingerprint density at radius 3 is 3.00 bits per heavy atom. The number of aromatic nitrogens is 1. The van der Waals surface area contributed by atoms with E-state index < -0.39 is 5.97 Å². The molecule has 2 heterocycles. The second kappa shape index (κ2) is 6.35. The van der Waals surface area contributed by atoms with E-state index in [2.05, 4.69) is 10.3 Å². The monoisotopic (exact) mass is 250 g/mol. The lowest BCUT2D eigenvalue weighted by molar-refractivity contribution is 0.0134. The minimum absolute atomic E-state index is 0.0659. The molecule has 1 aliphatic heterocycles. The van der Waals surface area contributed by atoms with Gasteiger partial charge in [-0.25, -0.2) is 9.78 Å². The molecule has 98 valence electrons. The van der Waals surface area contributed by atoms with Crippen LogP contribution >= 0.6 is 0 Å². The van der Waals surface area contributed by atoms with Crippen molar-refractivity contribution in [3.8, 4) is 0 Å². The Balaban J connectivity index is 1.74. The highest BCUT2D eigenvalue weighted by atomic mass is 16.5. The smallest absolute Gasteiger partial charge is 0.354 e. The van der Waals surface area contributed by atoms with E-state index in [9.17, 15) is 4.79 Å². The minimum atomic E-state index is -1.00. The van der Waals surface area contributed by atoms with Crippen LogP contribution in [0.25, 0.3) is 0 Å². The maximum absolute atomic E-state index is 10.6. The van der Waals surface area contributed by atoms with Crippen molar-refractivity contribution in [1.82, 2.24) is 4.98 Å². The van der Waals surface area contributed by atoms with Crippen molar-refractivity contribution < 1.29 is 14.6 Å². The molecule has 1 saturated heterocycles. The highest BCUT2D eigenvalue weighted by Gasteiger charge is 2.12. The summed E-state index contributed by atoms with van der Waals surface area (Å²) in [5.74, 6) is -1.00. The number of hydrogen-bond donors (Lipinski definition) is 2. The number of nitrogens with zero attached hydrogens (tertiary/aromatic N) is 1. The Kier molecular flexibility index (Phi) is 4.52. The molecule has 2 rings (SSSR count). The fraction of sp³-hybridized carbons (Fsp3) is 0.538. The van der Waals surface area contributed by atoms with E-state index in [1.165, 1.54) is 18.9 Å². The average molecular weight is 250 g/mol. The fourth-order valence-electron chi connectivity index (χ4n) is 2.04. The number of carboxylic acid groups (broad SMARTS) is 1. The number of aromatic carboxylic acids is 1. The zero-order valence-corrected chi connectivity index (χ0v) is 10.3. The second-order valence-corrected chi connectivity index (χ2v) is 4.44. The molecular weight excluding hydrogens is 232 g/mol. The molecule has 1 fully saturated rings. The summed E-state index contributed by atoms with van der Waals surface area (Å²) in [6.45, 7) is 1.69. The highest BCUT2D eigenvalue weighted by Crippen LogP contribution is 2.15. The summed E-state index contributed by atoms with van der Waals surface area (Å²) in [7, 11) is 0. The van der Waals surface area contributed by atoms with Gasteiger partial charge < -0.3 is 15.2 Å². The molecule has 0 aromatic carbocycles. The van der Waals surface area contributed by atoms with Gasteiger partial charge >= 0.3 is 5.97 Å². The average Bonchev–Trinajstić information content (AvgIpc) is 2.40. The van der Waals surface area contributed by atoms with Crippen LogP contribution in [0.1, 0.15) is 36.2 Å². The maximum Gasteiger partial charge on any atom is 0.354 e. The van der Waals surface area contributed by atoms with Crippen LogP contribution in [0.5, 0.6) is 0 Å². The third-order valence-corrected chi connectivity index (χ3v) is 3.05. The van der Waals surface area contributed by atoms with E-state index in [4.69, 9.17) is 9.84 Å². The van der Waals surface area contributed by atoms with Crippen molar-refractivity contribution in [2.45, 2.75) is 31.8 Å². The summed E-state index contributed by atoms with van der Waals surface area (Å²) in [4.78, 5) is 14.5. The van der Waals surface area contributed by atoms with Gasteiger partial charge in [0.15, 0.2) is 0 Å². The van der Waals surface area contributed by atoms with Crippen LogP contribution in [0, 0.1) is 0 Å². The van der Waals surface area contributed by atoms with Gasteiger partial charge in [-0.05, 0) is 37.8 Å². The van der Waals surface area contributed by atoms with E-state index >= 15 is 0 Å². The summed E-state index contributed by atoms with van der Waals surface area (Å²) >= 11 is 0. The van der Waals surface area contributed by atoms with Crippen molar-refractivity contribution in [3.63, 3.8) is 0 Å². The van der Waals surface area contributed by atoms with Crippen LogP contribution in [0.4, 0.5) is 5.69 Å². The number of hydrogen-bond acceptors (Lipinski definition) is 4. The molecule has 0 bridgehead atoms. The van der Waals surface area contributed by atoms with Gasteiger partial charge in [0, 0.05) is 13.2 Å². The molecule has 0 aliphatic carbocycles. The lowest BCUT2D eigenvalue weighted by Crippen LogP contribution is -2.22. The van der Waals surface area contributed by atoms with Gasteiger partial charge in [-0.2, -0.15) is 0 Å². The molecule has 0 amide bonds. The van der Waals surface area contributed by atoms with Crippen LogP contribution < -0.4 is 5.32 Å². The topological polar surface area (TPSA) is 71.5 Å². The molecule has 18 heavy (non-hydrogen) atoms. The van der Waals surface area contributed by atoms with Gasteiger partial charge in [0.1, 0.15) is 5.69 Å². The highest BCUT2D eigenvalue weighted by molar-refractivity contribution is 5.85. The summed E-state index contributed by atoms with van der Waals surface area (Å²) in [5.41, 5.74) is 0.909. The number of nitrogens with one attached hydrogen (secondary N) is 1. The van der Waals surface area contributed by atoms with Gasteiger partial charge in [-0.1, -0.05) is 0 Å². The van der Waals surface area contributed by atoms with Gasteiger partial charge in [0.2, 0.25) is 0 Å². The first-order valence-electron chi connectivity index (χ1n) is 6.30. The fourth-order valence-corrected chi connectivity index (χ4v) is 2.04. The molecule has 1 atom stereocenters. The van der Waals surface area contributed by atoms with Gasteiger partial charge in [0.05, 0.1) is 18.0 Å². The predicted molar refractivity (Wildman–Crippen MR) is 67.9 cm³/mol. The summed E-state index contributed by atoms with van der Waals surface area (Å²) < 4.78 is 5.63. The van der Waals surface area contributed by atoms with Crippen LogP contribution in [-0.2, 0) is 4.74 Å². The molecule has 0 spiro atoms. The van der Waals surface area contributed by atoms with Crippen molar-refractivity contribution in [1.29, 1.82) is 0 Å². The van der Waals surface area contributed by atoms with E-state index in [1.807, 2.05) is 0 Å². The first kappa shape index (κ1) is 12.8. The molecule has 1 aromatic heterocycles. The molecule has 5 heteroatoms. The Morgan fingerprint density at radius 2 is 2.39 bits per heavy atom. The van der Waals surface area contributed by atoms with E-state index in [0.29, 0.717) is 6.10 Å². The predicted octanol–water partition coefficient (Wildman–Crippen LogP) is 2.15. The lowest BCUT2D eigenvalue weighted by atomic mass is 10.1. The Bertz CT molecular complexity index is 386. The lowest BCUT2D eigenvalue weighted by Gasteiger charge is -2.22. The molecule has 0 radical (unpaired) electrons. The second-order valence-electron chi connectivity index (χ2n) is 4.44. The van der Waals surface area contributed by atoms with Crippen LogP contribution in [0.15, 0.2) is 18.3 Å². The summed E-state index contributed by atoms with van der Waals surface area (Å²) in [6, 6.07) is 3.24. The van der Waals surface area contributed by atoms with Crippen molar-refractivity contribution in [3.05, 3.63) is 24.0 Å². The van der Waals surface area contributed by atoms with Gasteiger partial charge in [0.25, 0.3) is 0 Å².